The Morgan fingerprint density at radius 1 is 1.00 bits per heavy atom. The summed E-state index contributed by atoms with van der Waals surface area (Å²) in [6, 6.07) is 13.6. The third-order valence-corrected chi connectivity index (χ3v) is 3.75. The summed E-state index contributed by atoms with van der Waals surface area (Å²) in [6.45, 7) is 2.95. The molecule has 0 spiro atoms. The van der Waals surface area contributed by atoms with Gasteiger partial charge in [-0.1, -0.05) is 12.1 Å². The molecule has 1 N–H and O–H groups in total. The van der Waals surface area contributed by atoms with Gasteiger partial charge in [0.2, 0.25) is 0 Å². The first kappa shape index (κ1) is 19.9. The van der Waals surface area contributed by atoms with E-state index in [1.54, 1.807) is 61.7 Å². The molecular weight excluding hydrogens is 346 g/mol. The first-order valence-electron chi connectivity index (χ1n) is 8.33. The van der Waals surface area contributed by atoms with Gasteiger partial charge >= 0.3 is 5.97 Å². The number of anilines is 1. The second-order valence-corrected chi connectivity index (χ2v) is 5.81. The highest BCUT2D eigenvalue weighted by molar-refractivity contribution is 5.98. The average Bonchev–Trinajstić information content (AvgIpc) is 2.67. The molecule has 6 heteroatoms. The molecule has 0 unspecified atom stereocenters. The molecule has 0 heterocycles. The molecule has 0 radical (unpaired) electrons. The number of hydrogen-bond donors (Lipinski definition) is 1. The summed E-state index contributed by atoms with van der Waals surface area (Å²) in [7, 11) is 1.58. The standard InChI is InChI=1S/C21H21NO5/c1-14(23)17-7-9-18(10-8-17)22-21(25)15(2)27-20(24)13-6-16-4-11-19(26-3)12-5-16/h4-13,15H,1-3H3,(H,22,25)/b13-6+/t15-/m0/s1. The fraction of sp³-hybridized carbons (Fsp3) is 0.190. The van der Waals surface area contributed by atoms with Crippen molar-refractivity contribution in [1.82, 2.24) is 0 Å². The average molecular weight is 367 g/mol. The Balaban J connectivity index is 1.87. The van der Waals surface area contributed by atoms with Crippen molar-refractivity contribution in [2.45, 2.75) is 20.0 Å². The van der Waals surface area contributed by atoms with Crippen molar-refractivity contribution in [2.75, 3.05) is 12.4 Å². The summed E-state index contributed by atoms with van der Waals surface area (Å²) in [6.07, 6.45) is 1.88. The number of carbonyl (C=O) groups is 3. The number of Topliss-reactive ketones (excluding diaryl/α,β-unsaturated/α-hetero) is 1. The molecule has 0 bridgehead atoms. The van der Waals surface area contributed by atoms with Crippen molar-refractivity contribution < 1.29 is 23.9 Å². The van der Waals surface area contributed by atoms with Gasteiger partial charge in [0.05, 0.1) is 7.11 Å². The van der Waals surface area contributed by atoms with Crippen LogP contribution in [0.2, 0.25) is 0 Å². The Morgan fingerprint density at radius 2 is 1.63 bits per heavy atom. The van der Waals surface area contributed by atoms with E-state index in [2.05, 4.69) is 5.32 Å². The van der Waals surface area contributed by atoms with E-state index in [9.17, 15) is 14.4 Å². The molecule has 6 nitrogen and oxygen atoms in total. The van der Waals surface area contributed by atoms with Gasteiger partial charge in [-0.3, -0.25) is 9.59 Å². The summed E-state index contributed by atoms with van der Waals surface area (Å²) in [5.74, 6) is -0.424. The summed E-state index contributed by atoms with van der Waals surface area (Å²) < 4.78 is 10.2. The van der Waals surface area contributed by atoms with E-state index in [0.717, 1.165) is 11.3 Å². The number of ketones is 1. The normalized spacial score (nSPS) is 11.7. The van der Waals surface area contributed by atoms with Gasteiger partial charge in [0.15, 0.2) is 11.9 Å². The maximum atomic E-state index is 12.1. The first-order valence-corrected chi connectivity index (χ1v) is 8.33. The topological polar surface area (TPSA) is 81.7 Å². The molecule has 2 rings (SSSR count). The fourth-order valence-corrected chi connectivity index (χ4v) is 2.18. The smallest absolute Gasteiger partial charge is 0.331 e. The van der Waals surface area contributed by atoms with Crippen molar-refractivity contribution >= 4 is 29.4 Å². The summed E-state index contributed by atoms with van der Waals surface area (Å²) in [5.41, 5.74) is 1.87. The van der Waals surface area contributed by atoms with Crippen molar-refractivity contribution in [3.05, 3.63) is 65.7 Å². The van der Waals surface area contributed by atoms with Crippen LogP contribution in [0.3, 0.4) is 0 Å². The van der Waals surface area contributed by atoms with Gasteiger partial charge in [-0.25, -0.2) is 4.79 Å². The van der Waals surface area contributed by atoms with Crippen molar-refractivity contribution in [3.8, 4) is 5.75 Å². The minimum atomic E-state index is -0.967. The number of amides is 1. The van der Waals surface area contributed by atoms with Crippen LogP contribution < -0.4 is 10.1 Å². The summed E-state index contributed by atoms with van der Waals surface area (Å²) in [5, 5.41) is 2.63. The Hall–Kier alpha value is -3.41. The van der Waals surface area contributed by atoms with E-state index in [0.29, 0.717) is 11.3 Å². The molecule has 0 saturated heterocycles. The lowest BCUT2D eigenvalue weighted by Crippen LogP contribution is -2.29. The highest BCUT2D eigenvalue weighted by atomic mass is 16.5. The van der Waals surface area contributed by atoms with Crippen LogP contribution in [-0.4, -0.2) is 30.9 Å². The maximum Gasteiger partial charge on any atom is 0.331 e. The molecule has 0 aliphatic carbocycles. The number of hydrogen-bond acceptors (Lipinski definition) is 5. The van der Waals surface area contributed by atoms with Gasteiger partial charge in [0.1, 0.15) is 5.75 Å². The van der Waals surface area contributed by atoms with E-state index in [1.165, 1.54) is 19.9 Å². The zero-order valence-corrected chi connectivity index (χ0v) is 15.4. The zero-order chi connectivity index (χ0) is 19.8. The fourth-order valence-electron chi connectivity index (χ4n) is 2.18. The molecule has 0 aliphatic rings. The molecule has 140 valence electrons. The van der Waals surface area contributed by atoms with E-state index in [-0.39, 0.29) is 5.78 Å². The van der Waals surface area contributed by atoms with Crippen molar-refractivity contribution in [3.63, 3.8) is 0 Å². The number of carbonyl (C=O) groups excluding carboxylic acids is 3. The summed E-state index contributed by atoms with van der Waals surface area (Å²) in [4.78, 5) is 35.2. The Morgan fingerprint density at radius 3 is 2.19 bits per heavy atom. The highest BCUT2D eigenvalue weighted by Crippen LogP contribution is 2.13. The Bertz CT molecular complexity index is 838. The number of nitrogens with one attached hydrogen (secondary N) is 1. The molecular formula is C21H21NO5. The molecule has 0 aromatic heterocycles. The second kappa shape index (κ2) is 9.33. The first-order chi connectivity index (χ1) is 12.9. The van der Waals surface area contributed by atoms with Gasteiger partial charge in [0.25, 0.3) is 5.91 Å². The summed E-state index contributed by atoms with van der Waals surface area (Å²) >= 11 is 0. The molecule has 0 aliphatic heterocycles. The van der Waals surface area contributed by atoms with Gasteiger partial charge < -0.3 is 14.8 Å². The van der Waals surface area contributed by atoms with Crippen molar-refractivity contribution in [2.24, 2.45) is 0 Å². The van der Waals surface area contributed by atoms with E-state index < -0.39 is 18.0 Å². The zero-order valence-electron chi connectivity index (χ0n) is 15.4. The SMILES string of the molecule is COc1ccc(/C=C/C(=O)O[C@@H](C)C(=O)Nc2ccc(C(C)=O)cc2)cc1. The van der Waals surface area contributed by atoms with E-state index >= 15 is 0 Å². The number of esters is 1. The van der Waals surface area contributed by atoms with Crippen LogP contribution in [0.1, 0.15) is 29.8 Å². The molecule has 0 fully saturated rings. The van der Waals surface area contributed by atoms with E-state index in [1.807, 2.05) is 0 Å². The molecule has 0 saturated carbocycles. The lowest BCUT2D eigenvalue weighted by Gasteiger charge is -2.12. The minimum Gasteiger partial charge on any atom is -0.497 e. The number of benzene rings is 2. The Kier molecular flexibility index (Phi) is 6.88. The third kappa shape index (κ3) is 6.11. The molecule has 1 atom stereocenters. The predicted molar refractivity (Wildman–Crippen MR) is 103 cm³/mol. The largest absolute Gasteiger partial charge is 0.497 e. The van der Waals surface area contributed by atoms with Gasteiger partial charge in [0, 0.05) is 17.3 Å². The van der Waals surface area contributed by atoms with E-state index in [4.69, 9.17) is 9.47 Å². The van der Waals surface area contributed by atoms with Crippen LogP contribution in [0.25, 0.3) is 6.08 Å². The Labute approximate surface area is 157 Å². The molecule has 27 heavy (non-hydrogen) atoms. The molecule has 2 aromatic rings. The van der Waals surface area contributed by atoms with Crippen LogP contribution >= 0.6 is 0 Å². The van der Waals surface area contributed by atoms with Gasteiger partial charge in [-0.05, 0) is 61.9 Å². The highest BCUT2D eigenvalue weighted by Gasteiger charge is 2.16. The van der Waals surface area contributed by atoms with Crippen LogP contribution in [0, 0.1) is 0 Å². The second-order valence-electron chi connectivity index (χ2n) is 5.81. The molecule has 1 amide bonds. The van der Waals surface area contributed by atoms with Crippen molar-refractivity contribution in [1.29, 1.82) is 0 Å². The van der Waals surface area contributed by atoms with Crippen LogP contribution in [0.4, 0.5) is 5.69 Å². The van der Waals surface area contributed by atoms with Crippen LogP contribution in [-0.2, 0) is 14.3 Å². The number of ether oxygens (including phenoxy) is 2. The van der Waals surface area contributed by atoms with Gasteiger partial charge in [-0.2, -0.15) is 0 Å². The van der Waals surface area contributed by atoms with Gasteiger partial charge in [-0.15, -0.1) is 0 Å². The maximum absolute atomic E-state index is 12.1. The number of rotatable bonds is 7. The molecule has 2 aromatic carbocycles. The third-order valence-electron chi connectivity index (χ3n) is 3.75. The quantitative estimate of drug-likeness (QED) is 0.460. The lowest BCUT2D eigenvalue weighted by molar-refractivity contribution is -0.148. The number of methoxy groups -OCH3 is 1. The van der Waals surface area contributed by atoms with Crippen LogP contribution in [0.15, 0.2) is 54.6 Å². The minimum absolute atomic E-state index is 0.0566. The van der Waals surface area contributed by atoms with Crippen LogP contribution in [0.5, 0.6) is 5.75 Å². The monoisotopic (exact) mass is 367 g/mol. The lowest BCUT2D eigenvalue weighted by atomic mass is 10.1. The predicted octanol–water partition coefficient (Wildman–Crippen LogP) is 3.48.